The zero-order valence-corrected chi connectivity index (χ0v) is 24.9. The zero-order valence-electron chi connectivity index (χ0n) is 24.9. The molecule has 0 aromatic carbocycles. The molecule has 42 heavy (non-hydrogen) atoms. The van der Waals surface area contributed by atoms with Crippen molar-refractivity contribution in [2.75, 3.05) is 13.1 Å². The van der Waals surface area contributed by atoms with Gasteiger partial charge in [-0.2, -0.15) is 15.5 Å². The van der Waals surface area contributed by atoms with Gasteiger partial charge in [-0.05, 0) is 83.9 Å². The molecule has 10 nitrogen and oxygen atoms in total. The van der Waals surface area contributed by atoms with Crippen molar-refractivity contribution in [1.82, 2.24) is 29.3 Å². The quantitative estimate of drug-likeness (QED) is 0.280. The fraction of sp³-hybridized carbons (Fsp3) is 0.469. The fourth-order valence-electron chi connectivity index (χ4n) is 6.36. The number of ether oxygens (including phenoxy) is 2. The van der Waals surface area contributed by atoms with Crippen LogP contribution >= 0.6 is 0 Å². The monoisotopic (exact) mass is 567 g/mol. The van der Waals surface area contributed by atoms with Crippen LogP contribution in [0.25, 0.3) is 16.6 Å². The van der Waals surface area contributed by atoms with E-state index in [1.54, 1.807) is 16.9 Å². The highest BCUT2D eigenvalue weighted by molar-refractivity contribution is 5.76. The lowest BCUT2D eigenvalue weighted by Crippen LogP contribution is -2.50. The molecule has 4 aromatic heterocycles. The summed E-state index contributed by atoms with van der Waals surface area (Å²) in [5.41, 5.74) is 4.67. The summed E-state index contributed by atoms with van der Waals surface area (Å²) >= 11 is 0. The van der Waals surface area contributed by atoms with Crippen molar-refractivity contribution in [3.8, 4) is 22.9 Å². The lowest BCUT2D eigenvalue weighted by molar-refractivity contribution is -0.0262. The summed E-state index contributed by atoms with van der Waals surface area (Å²) in [7, 11) is 0. The smallest absolute Gasteiger partial charge is 0.410 e. The van der Waals surface area contributed by atoms with E-state index in [-0.39, 0.29) is 17.6 Å². The maximum Gasteiger partial charge on any atom is 0.410 e. The van der Waals surface area contributed by atoms with E-state index in [9.17, 15) is 10.1 Å². The number of likely N-dealkylation sites (tertiary alicyclic amines) is 1. The molecule has 5 heterocycles. The molecule has 2 aliphatic rings. The van der Waals surface area contributed by atoms with Crippen LogP contribution in [0.15, 0.2) is 49.1 Å². The molecule has 1 saturated heterocycles. The minimum Gasteiger partial charge on any atom is -0.482 e. The predicted molar refractivity (Wildman–Crippen MR) is 157 cm³/mol. The second-order valence-electron chi connectivity index (χ2n) is 12.7. The first kappa shape index (κ1) is 27.8. The summed E-state index contributed by atoms with van der Waals surface area (Å²) < 4.78 is 15.8. The Bertz CT molecular complexity index is 1650. The molecular formula is C32H37N7O3. The van der Waals surface area contributed by atoms with Gasteiger partial charge in [0.2, 0.25) is 0 Å². The third kappa shape index (κ3) is 5.20. The van der Waals surface area contributed by atoms with Crippen LogP contribution < -0.4 is 4.74 Å². The third-order valence-electron chi connectivity index (χ3n) is 8.62. The van der Waals surface area contributed by atoms with Crippen LogP contribution in [0.5, 0.6) is 5.75 Å². The van der Waals surface area contributed by atoms with Gasteiger partial charge in [0.15, 0.2) is 0 Å². The Balaban J connectivity index is 1.20. The Morgan fingerprint density at radius 3 is 2.60 bits per heavy atom. The number of aromatic nitrogens is 5. The first-order valence-corrected chi connectivity index (χ1v) is 14.6. The van der Waals surface area contributed by atoms with E-state index in [0.717, 1.165) is 61.3 Å². The highest BCUT2D eigenvalue weighted by Crippen LogP contribution is 2.55. The van der Waals surface area contributed by atoms with Crippen LogP contribution in [0.4, 0.5) is 4.79 Å². The van der Waals surface area contributed by atoms with Gasteiger partial charge in [-0.1, -0.05) is 6.07 Å². The van der Waals surface area contributed by atoms with Crippen molar-refractivity contribution in [1.29, 1.82) is 5.26 Å². The molecule has 10 heteroatoms. The van der Waals surface area contributed by atoms with E-state index >= 15 is 0 Å². The maximum atomic E-state index is 12.5. The number of fused-ring (bicyclic) bond motifs is 1. The van der Waals surface area contributed by atoms with Crippen molar-refractivity contribution < 1.29 is 14.3 Å². The van der Waals surface area contributed by atoms with Gasteiger partial charge in [0, 0.05) is 42.3 Å². The average molecular weight is 568 g/mol. The Labute approximate surface area is 245 Å². The van der Waals surface area contributed by atoms with Gasteiger partial charge in [-0.15, -0.1) is 0 Å². The molecule has 2 fully saturated rings. The van der Waals surface area contributed by atoms with E-state index in [0.29, 0.717) is 22.9 Å². The lowest BCUT2D eigenvalue weighted by atomic mass is 9.60. The molecule has 1 amide bonds. The summed E-state index contributed by atoms with van der Waals surface area (Å²) in [6, 6.07) is 10.3. The minimum atomic E-state index is -0.479. The number of nitrogens with zero attached hydrogens (tertiary/aromatic N) is 7. The zero-order chi connectivity index (χ0) is 29.6. The lowest BCUT2D eigenvalue weighted by Gasteiger charge is -2.52. The molecule has 1 aliphatic carbocycles. The van der Waals surface area contributed by atoms with Gasteiger partial charge in [-0.25, -0.2) is 9.31 Å². The van der Waals surface area contributed by atoms with Crippen molar-refractivity contribution in [2.45, 2.75) is 78.0 Å². The molecule has 0 bridgehead atoms. The van der Waals surface area contributed by atoms with Crippen LogP contribution in [0, 0.1) is 23.7 Å². The van der Waals surface area contributed by atoms with Crippen molar-refractivity contribution in [3.05, 3.63) is 66.0 Å². The first-order valence-electron chi connectivity index (χ1n) is 14.6. The Hall–Kier alpha value is -4.39. The van der Waals surface area contributed by atoms with Gasteiger partial charge in [0.05, 0.1) is 24.1 Å². The number of amides is 1. The van der Waals surface area contributed by atoms with Crippen LogP contribution in [-0.2, 0) is 4.74 Å². The molecular weight excluding hydrogens is 530 g/mol. The van der Waals surface area contributed by atoms with Crippen molar-refractivity contribution >= 4 is 11.6 Å². The molecule has 218 valence electrons. The number of hydrogen-bond acceptors (Lipinski definition) is 7. The number of pyridine rings is 2. The molecule has 1 aliphatic heterocycles. The number of nitriles is 1. The highest BCUT2D eigenvalue weighted by Gasteiger charge is 2.48. The molecule has 1 atom stereocenters. The summed E-state index contributed by atoms with van der Waals surface area (Å²) in [5.74, 6) is 0.575. The Morgan fingerprint density at radius 2 is 1.93 bits per heavy atom. The summed E-state index contributed by atoms with van der Waals surface area (Å²) in [5, 5.41) is 19.0. The molecule has 0 radical (unpaired) electrons. The van der Waals surface area contributed by atoms with Crippen LogP contribution in [0.3, 0.4) is 0 Å². The van der Waals surface area contributed by atoms with Crippen molar-refractivity contribution in [2.24, 2.45) is 5.41 Å². The number of carbonyl (C=O) groups is 1. The van der Waals surface area contributed by atoms with E-state index < -0.39 is 5.60 Å². The number of piperidine rings is 1. The topological polar surface area (TPSA) is 111 Å². The van der Waals surface area contributed by atoms with Crippen LogP contribution in [0.1, 0.15) is 82.5 Å². The van der Waals surface area contributed by atoms with Gasteiger partial charge >= 0.3 is 6.09 Å². The van der Waals surface area contributed by atoms with Crippen molar-refractivity contribution in [3.63, 3.8) is 0 Å². The van der Waals surface area contributed by atoms with Gasteiger partial charge in [0.1, 0.15) is 34.6 Å². The Morgan fingerprint density at radius 1 is 1.17 bits per heavy atom. The second-order valence-corrected chi connectivity index (χ2v) is 12.7. The van der Waals surface area contributed by atoms with Gasteiger partial charge < -0.3 is 14.4 Å². The standard InChI is InChI=1S/C32H37N7O3/c1-21-26(19-36-39(21)25-15-32(16-25)9-12-37(13-10-32)30(40)42-31(3,4)5)23-14-28(29-24(17-33)18-35-38(29)20-23)41-22(2)27-8-6-7-11-34-27/h6-8,11,14,18-20,22,25H,9-10,12-13,15-16H2,1-5H3/t22-/m1/s1. The van der Waals surface area contributed by atoms with E-state index in [2.05, 4.69) is 27.8 Å². The van der Waals surface area contributed by atoms with E-state index in [1.165, 1.54) is 0 Å². The molecule has 4 aromatic rings. The SMILES string of the molecule is Cc1c(-c2cc(O[C@H](C)c3ccccn3)c3c(C#N)cnn3c2)cnn1C1CC2(CCN(C(=O)OC(C)(C)C)CC2)C1. The molecule has 6 rings (SSSR count). The van der Waals surface area contributed by atoms with Gasteiger partial charge in [0.25, 0.3) is 0 Å². The number of carbonyl (C=O) groups excluding carboxylic acids is 1. The molecule has 0 N–H and O–H groups in total. The average Bonchev–Trinajstić information content (AvgIpc) is 3.54. The Kier molecular flexibility index (Phi) is 6.92. The summed E-state index contributed by atoms with van der Waals surface area (Å²) in [4.78, 5) is 18.8. The normalized spacial score (nSPS) is 17.6. The largest absolute Gasteiger partial charge is 0.482 e. The molecule has 1 saturated carbocycles. The van der Waals surface area contributed by atoms with Crippen LogP contribution in [0.2, 0.25) is 0 Å². The summed E-state index contributed by atoms with van der Waals surface area (Å²) in [6.45, 7) is 11.2. The third-order valence-corrected chi connectivity index (χ3v) is 8.62. The second kappa shape index (κ2) is 10.5. The minimum absolute atomic E-state index is 0.213. The number of hydrogen-bond donors (Lipinski definition) is 0. The predicted octanol–water partition coefficient (Wildman–Crippen LogP) is 6.27. The van der Waals surface area contributed by atoms with E-state index in [1.807, 2.05) is 69.3 Å². The van der Waals surface area contributed by atoms with Gasteiger partial charge in [-0.3, -0.25) is 9.67 Å². The highest BCUT2D eigenvalue weighted by atomic mass is 16.6. The molecule has 0 unspecified atom stereocenters. The molecule has 1 spiro atoms. The number of rotatable bonds is 5. The summed E-state index contributed by atoms with van der Waals surface area (Å²) in [6.07, 6.45) is 10.7. The first-order chi connectivity index (χ1) is 20.1. The van der Waals surface area contributed by atoms with Crippen LogP contribution in [-0.4, -0.2) is 54.1 Å². The van der Waals surface area contributed by atoms with E-state index in [4.69, 9.17) is 14.6 Å². The fourth-order valence-corrected chi connectivity index (χ4v) is 6.36. The maximum absolute atomic E-state index is 12.5.